The summed E-state index contributed by atoms with van der Waals surface area (Å²) in [6, 6.07) is 7.92. The van der Waals surface area contributed by atoms with Crippen LogP contribution in [0.2, 0.25) is 5.02 Å². The minimum Gasteiger partial charge on any atom is -0.368 e. The smallest absolute Gasteiger partial charge is 0.247 e. The van der Waals surface area contributed by atoms with E-state index in [1.165, 1.54) is 5.56 Å². The van der Waals surface area contributed by atoms with E-state index in [0.29, 0.717) is 5.95 Å². The Labute approximate surface area is 147 Å². The van der Waals surface area contributed by atoms with Gasteiger partial charge in [-0.3, -0.25) is 0 Å². The van der Waals surface area contributed by atoms with Gasteiger partial charge in [-0.25, -0.2) is 0 Å². The summed E-state index contributed by atoms with van der Waals surface area (Å²) in [7, 11) is 0. The molecule has 1 N–H and O–H groups in total. The van der Waals surface area contributed by atoms with Crippen LogP contribution in [0.15, 0.2) is 30.5 Å². The number of likely N-dealkylation sites (N-methyl/N-ethyl adjacent to an activating group) is 1. The number of hydrogen-bond acceptors (Lipinski definition) is 6. The lowest BCUT2D eigenvalue weighted by Crippen LogP contribution is -2.46. The highest BCUT2D eigenvalue weighted by atomic mass is 35.5. The summed E-state index contributed by atoms with van der Waals surface area (Å²) in [5.74, 6) is 1.47. The first-order valence-corrected chi connectivity index (χ1v) is 8.77. The number of rotatable bonds is 6. The first-order valence-electron chi connectivity index (χ1n) is 8.40. The number of halogens is 1. The molecule has 0 unspecified atom stereocenters. The number of hydrogen-bond donors (Lipinski definition) is 1. The molecule has 128 valence electrons. The third kappa shape index (κ3) is 4.55. The summed E-state index contributed by atoms with van der Waals surface area (Å²) in [6.07, 6.45) is 2.55. The normalized spacial score (nSPS) is 15.5. The average molecular weight is 347 g/mol. The number of piperazine rings is 1. The lowest BCUT2D eigenvalue weighted by molar-refractivity contribution is 0.269. The number of anilines is 2. The molecule has 1 saturated heterocycles. The van der Waals surface area contributed by atoms with Gasteiger partial charge in [0.1, 0.15) is 0 Å². The molecule has 7 heteroatoms. The SMILES string of the molecule is CCN1CCN(c2nncc(NCCc3cccc(Cl)c3)n2)CC1. The van der Waals surface area contributed by atoms with E-state index >= 15 is 0 Å². The Balaban J connectivity index is 1.53. The van der Waals surface area contributed by atoms with Gasteiger partial charge in [0.2, 0.25) is 5.95 Å². The number of aromatic nitrogens is 3. The topological polar surface area (TPSA) is 57.2 Å². The van der Waals surface area contributed by atoms with Crippen LogP contribution in [-0.4, -0.2) is 59.3 Å². The zero-order valence-electron chi connectivity index (χ0n) is 14.0. The molecule has 24 heavy (non-hydrogen) atoms. The van der Waals surface area contributed by atoms with Crippen molar-refractivity contribution < 1.29 is 0 Å². The highest BCUT2D eigenvalue weighted by Crippen LogP contribution is 2.13. The Kier molecular flexibility index (Phi) is 5.82. The van der Waals surface area contributed by atoms with Crippen LogP contribution >= 0.6 is 11.6 Å². The third-order valence-electron chi connectivity index (χ3n) is 4.26. The molecule has 3 rings (SSSR count). The van der Waals surface area contributed by atoms with Crippen LogP contribution in [0.4, 0.5) is 11.8 Å². The second-order valence-electron chi connectivity index (χ2n) is 5.87. The predicted molar refractivity (Wildman–Crippen MR) is 97.8 cm³/mol. The van der Waals surface area contributed by atoms with E-state index in [-0.39, 0.29) is 0 Å². The minimum atomic E-state index is 0.707. The third-order valence-corrected chi connectivity index (χ3v) is 4.49. The summed E-state index contributed by atoms with van der Waals surface area (Å²) in [4.78, 5) is 9.22. The van der Waals surface area contributed by atoms with Crippen molar-refractivity contribution in [2.75, 3.05) is 49.5 Å². The first-order chi connectivity index (χ1) is 11.7. The van der Waals surface area contributed by atoms with Crippen molar-refractivity contribution >= 4 is 23.4 Å². The van der Waals surface area contributed by atoms with E-state index in [1.807, 2.05) is 18.2 Å². The second-order valence-corrected chi connectivity index (χ2v) is 6.31. The van der Waals surface area contributed by atoms with Gasteiger partial charge in [0.25, 0.3) is 0 Å². The van der Waals surface area contributed by atoms with Gasteiger partial charge in [-0.1, -0.05) is 30.7 Å². The lowest BCUT2D eigenvalue weighted by atomic mass is 10.1. The van der Waals surface area contributed by atoms with Gasteiger partial charge in [-0.2, -0.15) is 10.1 Å². The Morgan fingerprint density at radius 3 is 2.79 bits per heavy atom. The molecular formula is C17H23ClN6. The van der Waals surface area contributed by atoms with Crippen molar-refractivity contribution in [3.63, 3.8) is 0 Å². The quantitative estimate of drug-likeness (QED) is 0.866. The van der Waals surface area contributed by atoms with Gasteiger partial charge < -0.3 is 15.1 Å². The zero-order valence-corrected chi connectivity index (χ0v) is 14.7. The van der Waals surface area contributed by atoms with E-state index in [4.69, 9.17) is 11.6 Å². The Hall–Kier alpha value is -1.92. The summed E-state index contributed by atoms with van der Waals surface area (Å²) < 4.78 is 0. The molecule has 2 heterocycles. The summed E-state index contributed by atoms with van der Waals surface area (Å²) >= 11 is 6.01. The van der Waals surface area contributed by atoms with Crippen LogP contribution in [0.25, 0.3) is 0 Å². The molecular weight excluding hydrogens is 324 g/mol. The number of benzene rings is 1. The molecule has 1 aliphatic rings. The van der Waals surface area contributed by atoms with E-state index in [1.54, 1.807) is 6.20 Å². The molecule has 0 saturated carbocycles. The van der Waals surface area contributed by atoms with Gasteiger partial charge in [0.05, 0.1) is 6.20 Å². The maximum Gasteiger partial charge on any atom is 0.247 e. The van der Waals surface area contributed by atoms with Crippen LogP contribution in [0.1, 0.15) is 12.5 Å². The summed E-state index contributed by atoms with van der Waals surface area (Å²) in [6.45, 7) is 8.06. The van der Waals surface area contributed by atoms with Crippen molar-refractivity contribution in [3.8, 4) is 0 Å². The maximum atomic E-state index is 6.01. The van der Waals surface area contributed by atoms with Crippen molar-refractivity contribution in [1.82, 2.24) is 20.1 Å². The second kappa shape index (κ2) is 8.26. The van der Waals surface area contributed by atoms with Crippen LogP contribution in [0.5, 0.6) is 0 Å². The summed E-state index contributed by atoms with van der Waals surface area (Å²) in [5.41, 5.74) is 1.20. The van der Waals surface area contributed by atoms with E-state index in [0.717, 1.165) is 56.5 Å². The molecule has 1 fully saturated rings. The predicted octanol–water partition coefficient (Wildman–Crippen LogP) is 2.32. The minimum absolute atomic E-state index is 0.707. The van der Waals surface area contributed by atoms with Crippen LogP contribution in [-0.2, 0) is 6.42 Å². The molecule has 1 aromatic heterocycles. The van der Waals surface area contributed by atoms with Crippen LogP contribution in [0, 0.1) is 0 Å². The Morgan fingerprint density at radius 2 is 2.04 bits per heavy atom. The molecule has 0 atom stereocenters. The average Bonchev–Trinajstić information content (AvgIpc) is 2.62. The van der Waals surface area contributed by atoms with E-state index < -0.39 is 0 Å². The highest BCUT2D eigenvalue weighted by molar-refractivity contribution is 6.30. The molecule has 2 aromatic rings. The van der Waals surface area contributed by atoms with Gasteiger partial charge >= 0.3 is 0 Å². The first kappa shape index (κ1) is 16.9. The van der Waals surface area contributed by atoms with Crippen LogP contribution in [0.3, 0.4) is 0 Å². The lowest BCUT2D eigenvalue weighted by Gasteiger charge is -2.33. The molecule has 1 aromatic carbocycles. The molecule has 0 aliphatic carbocycles. The van der Waals surface area contributed by atoms with Crippen molar-refractivity contribution in [2.45, 2.75) is 13.3 Å². The number of nitrogens with one attached hydrogen (secondary N) is 1. The van der Waals surface area contributed by atoms with Crippen molar-refractivity contribution in [2.24, 2.45) is 0 Å². The molecule has 0 radical (unpaired) electrons. The van der Waals surface area contributed by atoms with Crippen LogP contribution < -0.4 is 10.2 Å². The fourth-order valence-electron chi connectivity index (χ4n) is 2.80. The Morgan fingerprint density at radius 1 is 1.21 bits per heavy atom. The Bertz CT molecular complexity index is 657. The zero-order chi connectivity index (χ0) is 16.8. The largest absolute Gasteiger partial charge is 0.368 e. The standard InChI is InChI=1S/C17H23ClN6/c1-2-23-8-10-24(11-9-23)17-21-16(13-20-22-17)19-7-6-14-4-3-5-15(18)12-14/h3-5,12-13H,2,6-11H2,1H3,(H,19,21,22). The van der Waals surface area contributed by atoms with Crippen molar-refractivity contribution in [3.05, 3.63) is 41.0 Å². The maximum absolute atomic E-state index is 6.01. The molecule has 6 nitrogen and oxygen atoms in total. The van der Waals surface area contributed by atoms with Gasteiger partial charge in [0, 0.05) is 37.7 Å². The van der Waals surface area contributed by atoms with Gasteiger partial charge in [-0.05, 0) is 30.7 Å². The van der Waals surface area contributed by atoms with E-state index in [9.17, 15) is 0 Å². The molecule has 1 aliphatic heterocycles. The van der Waals surface area contributed by atoms with Gasteiger partial charge in [-0.15, -0.1) is 5.10 Å². The fraction of sp³-hybridized carbons (Fsp3) is 0.471. The highest BCUT2D eigenvalue weighted by Gasteiger charge is 2.18. The van der Waals surface area contributed by atoms with Crippen molar-refractivity contribution in [1.29, 1.82) is 0 Å². The molecule has 0 spiro atoms. The fourth-order valence-corrected chi connectivity index (χ4v) is 3.02. The summed E-state index contributed by atoms with van der Waals surface area (Å²) in [5, 5.41) is 12.4. The molecule has 0 amide bonds. The monoisotopic (exact) mass is 346 g/mol. The van der Waals surface area contributed by atoms with E-state index in [2.05, 4.69) is 43.3 Å². The number of nitrogens with zero attached hydrogens (tertiary/aromatic N) is 5. The van der Waals surface area contributed by atoms with Gasteiger partial charge in [0.15, 0.2) is 5.82 Å². The molecule has 0 bridgehead atoms.